The van der Waals surface area contributed by atoms with Crippen LogP contribution in [0.15, 0.2) is 0 Å². The number of carbonyl (C=O) groups is 6. The van der Waals surface area contributed by atoms with E-state index in [1.807, 2.05) is 0 Å². The van der Waals surface area contributed by atoms with Crippen molar-refractivity contribution in [3.8, 4) is 0 Å². The molecule has 0 aliphatic heterocycles. The summed E-state index contributed by atoms with van der Waals surface area (Å²) in [5, 5.41) is -6.34. The van der Waals surface area contributed by atoms with Crippen molar-refractivity contribution in [3.05, 3.63) is 0 Å². The molecule has 0 aromatic rings. The first kappa shape index (κ1) is 28.7. The lowest BCUT2D eigenvalue weighted by atomic mass is 9.97. The molecule has 0 amide bonds. The van der Waals surface area contributed by atoms with Crippen molar-refractivity contribution < 1.29 is 38.2 Å². The number of ether oxygens (including phenoxy) is 2. The first-order valence-corrected chi connectivity index (χ1v) is 9.94. The summed E-state index contributed by atoms with van der Waals surface area (Å²) in [4.78, 5) is 68.2. The van der Waals surface area contributed by atoms with Crippen LogP contribution in [0.2, 0.25) is 0 Å². The maximum atomic E-state index is 11.7. The van der Waals surface area contributed by atoms with Crippen molar-refractivity contribution in [2.24, 2.45) is 0 Å². The number of hydrogen-bond acceptors (Lipinski definition) is 8. The Labute approximate surface area is 195 Å². The molecule has 8 nitrogen and oxygen atoms in total. The molecule has 0 spiro atoms. The molecule has 0 atom stereocenters. The molecule has 0 N–H and O–H groups in total. The molecule has 0 aliphatic carbocycles. The molecule has 0 unspecified atom stereocenters. The average Bonchev–Trinajstić information content (AvgIpc) is 2.51. The molecule has 0 aromatic heterocycles. The quantitative estimate of drug-likeness (QED) is 0.219. The Balaban J connectivity index is 5.15. The number of carbonyl (C=O) groups excluding carboxylic acids is 6. The lowest BCUT2D eigenvalue weighted by molar-refractivity contribution is -0.150. The van der Waals surface area contributed by atoms with Gasteiger partial charge < -0.3 is 9.47 Å². The second kappa shape index (κ2) is 13.2. The van der Waals surface area contributed by atoms with Gasteiger partial charge in [-0.1, -0.05) is 0 Å². The monoisotopic (exact) mass is 532 g/mol. The summed E-state index contributed by atoms with van der Waals surface area (Å²) in [6, 6.07) is 0. The van der Waals surface area contributed by atoms with Crippen LogP contribution < -0.4 is 0 Å². The van der Waals surface area contributed by atoms with Crippen molar-refractivity contribution in [1.82, 2.24) is 0 Å². The minimum atomic E-state index is -2.09. The van der Waals surface area contributed by atoms with Gasteiger partial charge in [-0.05, 0) is 76.0 Å². The Kier molecular flexibility index (Phi) is 13.0. The van der Waals surface area contributed by atoms with E-state index in [1.165, 1.54) is 0 Å². The van der Waals surface area contributed by atoms with Gasteiger partial charge in [-0.25, -0.2) is 0 Å². The summed E-state index contributed by atoms with van der Waals surface area (Å²) in [7, 11) is 0. The highest BCUT2D eigenvalue weighted by Crippen LogP contribution is 2.29. The Morgan fingerprint density at radius 2 is 0.759 bits per heavy atom. The minimum absolute atomic E-state index is 0.0578. The summed E-state index contributed by atoms with van der Waals surface area (Å²) < 4.78 is 10.5. The zero-order valence-electron chi connectivity index (χ0n) is 14.5. The zero-order valence-corrected chi connectivity index (χ0v) is 19.0. The van der Waals surface area contributed by atoms with E-state index in [-0.39, 0.29) is 19.6 Å². The summed E-state index contributed by atoms with van der Waals surface area (Å²) in [5.74, 6) is 0. The van der Waals surface area contributed by atoms with Gasteiger partial charge in [0.1, 0.15) is 0 Å². The number of hydrogen-bond donors (Lipinski definition) is 0. The standard InChI is InChI=1S/C15H14Cl6O8/c16-8(22)4-14(12(20)26,5-9(17)23)28-2-1-3-29-15(13(21)27,6-10(18)24)7-11(19)25/h1-7H2. The van der Waals surface area contributed by atoms with Crippen molar-refractivity contribution >= 4 is 101 Å². The Hall–Kier alpha value is -0.320. The smallest absolute Gasteiger partial charge is 0.254 e. The number of rotatable bonds is 16. The van der Waals surface area contributed by atoms with E-state index in [9.17, 15) is 28.8 Å². The van der Waals surface area contributed by atoms with Gasteiger partial charge in [0.15, 0.2) is 11.2 Å². The van der Waals surface area contributed by atoms with Crippen LogP contribution in [0.1, 0.15) is 32.1 Å². The van der Waals surface area contributed by atoms with Gasteiger partial charge in [-0.3, -0.25) is 28.8 Å². The summed E-state index contributed by atoms with van der Waals surface area (Å²) >= 11 is 32.0. The Morgan fingerprint density at radius 3 is 0.931 bits per heavy atom. The van der Waals surface area contributed by atoms with Crippen molar-refractivity contribution in [1.29, 1.82) is 0 Å². The fourth-order valence-corrected chi connectivity index (χ4v) is 3.45. The van der Waals surface area contributed by atoms with Gasteiger partial charge in [0.05, 0.1) is 38.9 Å². The topological polar surface area (TPSA) is 121 Å². The van der Waals surface area contributed by atoms with Crippen LogP contribution >= 0.6 is 69.6 Å². The van der Waals surface area contributed by atoms with Gasteiger partial charge in [0.2, 0.25) is 21.0 Å². The highest BCUT2D eigenvalue weighted by atomic mass is 35.5. The van der Waals surface area contributed by atoms with Crippen LogP contribution in [-0.2, 0) is 38.2 Å². The second-order valence-corrected chi connectivity index (χ2v) is 8.09. The fourth-order valence-electron chi connectivity index (χ4n) is 2.21. The molecule has 0 aliphatic rings. The molecular weight excluding hydrogens is 521 g/mol. The fraction of sp³-hybridized carbons (Fsp3) is 0.600. The summed E-state index contributed by atoms with van der Waals surface area (Å²) in [6.45, 7) is -0.633. The van der Waals surface area contributed by atoms with Crippen LogP contribution in [-0.4, -0.2) is 55.9 Å². The largest absolute Gasteiger partial charge is 0.365 e. The molecule has 0 radical (unpaired) electrons. The Bertz CT molecular complexity index is 592. The van der Waals surface area contributed by atoms with Crippen molar-refractivity contribution in [2.75, 3.05) is 13.2 Å². The van der Waals surface area contributed by atoms with Crippen LogP contribution in [0.25, 0.3) is 0 Å². The molecular formula is C15H14Cl6O8. The van der Waals surface area contributed by atoms with E-state index in [4.69, 9.17) is 79.1 Å². The average molecular weight is 535 g/mol. The van der Waals surface area contributed by atoms with Crippen LogP contribution in [0.4, 0.5) is 0 Å². The molecule has 0 rings (SSSR count). The van der Waals surface area contributed by atoms with E-state index in [0.29, 0.717) is 0 Å². The highest BCUT2D eigenvalue weighted by molar-refractivity contribution is 6.70. The molecule has 0 bridgehead atoms. The van der Waals surface area contributed by atoms with Gasteiger partial charge in [-0.15, -0.1) is 0 Å². The zero-order chi connectivity index (χ0) is 22.8. The van der Waals surface area contributed by atoms with Crippen LogP contribution in [0.5, 0.6) is 0 Å². The molecule has 14 heteroatoms. The lowest BCUT2D eigenvalue weighted by Gasteiger charge is -2.29. The SMILES string of the molecule is O=C(Cl)CC(CC(=O)Cl)(OCCCOC(CC(=O)Cl)(CC(=O)Cl)C(=O)Cl)C(=O)Cl. The van der Waals surface area contributed by atoms with Gasteiger partial charge in [0, 0.05) is 0 Å². The predicted octanol–water partition coefficient (Wildman–Crippen LogP) is 3.04. The molecule has 29 heavy (non-hydrogen) atoms. The van der Waals surface area contributed by atoms with E-state index in [1.54, 1.807) is 0 Å². The minimum Gasteiger partial charge on any atom is -0.365 e. The van der Waals surface area contributed by atoms with E-state index < -0.39 is 68.3 Å². The molecule has 0 heterocycles. The normalized spacial score (nSPS) is 11.8. The van der Waals surface area contributed by atoms with E-state index >= 15 is 0 Å². The Morgan fingerprint density at radius 1 is 0.517 bits per heavy atom. The summed E-state index contributed by atoms with van der Waals surface area (Å²) in [5.41, 5.74) is -4.17. The molecule has 0 saturated carbocycles. The first-order valence-electron chi connectivity index (χ1n) is 7.67. The first-order chi connectivity index (χ1) is 13.3. The third-order valence-corrected chi connectivity index (χ3v) is 4.68. The van der Waals surface area contributed by atoms with E-state index in [2.05, 4.69) is 0 Å². The van der Waals surface area contributed by atoms with Crippen LogP contribution in [0, 0.1) is 0 Å². The molecule has 0 saturated heterocycles. The second-order valence-electron chi connectivity index (χ2n) is 5.71. The van der Waals surface area contributed by atoms with Gasteiger partial charge >= 0.3 is 0 Å². The van der Waals surface area contributed by atoms with Gasteiger partial charge in [0.25, 0.3) is 10.5 Å². The third kappa shape index (κ3) is 10.5. The molecule has 0 fully saturated rings. The molecule has 0 aromatic carbocycles. The number of halogens is 6. The van der Waals surface area contributed by atoms with E-state index in [0.717, 1.165) is 0 Å². The lowest BCUT2D eigenvalue weighted by Crippen LogP contribution is -2.43. The van der Waals surface area contributed by atoms with Crippen molar-refractivity contribution in [3.63, 3.8) is 0 Å². The van der Waals surface area contributed by atoms with Gasteiger partial charge in [-0.2, -0.15) is 0 Å². The molecule has 164 valence electrons. The van der Waals surface area contributed by atoms with Crippen molar-refractivity contribution in [2.45, 2.75) is 43.3 Å². The maximum absolute atomic E-state index is 11.7. The summed E-state index contributed by atoms with van der Waals surface area (Å²) in [6.07, 6.45) is -2.94. The van der Waals surface area contributed by atoms with Crippen LogP contribution in [0.3, 0.4) is 0 Å². The third-order valence-electron chi connectivity index (χ3n) is 3.46. The predicted molar refractivity (Wildman–Crippen MR) is 106 cm³/mol. The maximum Gasteiger partial charge on any atom is 0.254 e. The highest BCUT2D eigenvalue weighted by Gasteiger charge is 2.43.